The molecule has 0 aromatic carbocycles. The first-order valence-corrected chi connectivity index (χ1v) is 10.9. The van der Waals surface area contributed by atoms with Crippen molar-refractivity contribution in [3.8, 4) is 0 Å². The van der Waals surface area contributed by atoms with E-state index in [9.17, 15) is 18.0 Å². The molecule has 2 aromatic rings. The van der Waals surface area contributed by atoms with E-state index in [1.807, 2.05) is 24.7 Å². The fourth-order valence-electron chi connectivity index (χ4n) is 4.09. The Morgan fingerprint density at radius 2 is 1.87 bits per heavy atom. The van der Waals surface area contributed by atoms with Gasteiger partial charge in [0, 0.05) is 56.4 Å². The number of aromatic nitrogens is 4. The maximum absolute atomic E-state index is 13.2. The zero-order valence-corrected chi connectivity index (χ0v) is 18.4. The molecule has 4 rings (SSSR count). The van der Waals surface area contributed by atoms with Gasteiger partial charge in [-0.1, -0.05) is 11.6 Å². The van der Waals surface area contributed by atoms with Crippen molar-refractivity contribution in [3.05, 3.63) is 33.9 Å². The van der Waals surface area contributed by atoms with E-state index in [0.717, 1.165) is 31.6 Å². The number of amides is 1. The van der Waals surface area contributed by atoms with E-state index in [4.69, 9.17) is 11.6 Å². The molecule has 1 saturated carbocycles. The monoisotopic (exact) mass is 458 g/mol. The van der Waals surface area contributed by atoms with Crippen molar-refractivity contribution in [3.63, 3.8) is 0 Å². The van der Waals surface area contributed by atoms with Crippen LogP contribution in [0, 0.1) is 6.92 Å². The van der Waals surface area contributed by atoms with Crippen LogP contribution in [0.1, 0.15) is 48.3 Å². The van der Waals surface area contributed by atoms with Crippen molar-refractivity contribution in [2.75, 3.05) is 26.2 Å². The molecule has 0 unspecified atom stereocenters. The van der Waals surface area contributed by atoms with Gasteiger partial charge in [-0.25, -0.2) is 0 Å². The maximum atomic E-state index is 13.2. The van der Waals surface area contributed by atoms with Gasteiger partial charge >= 0.3 is 6.18 Å². The van der Waals surface area contributed by atoms with Gasteiger partial charge in [0.1, 0.15) is 6.54 Å². The molecule has 2 fully saturated rings. The second kappa shape index (κ2) is 8.46. The fourth-order valence-corrected chi connectivity index (χ4v) is 4.48. The maximum Gasteiger partial charge on any atom is 0.436 e. The van der Waals surface area contributed by atoms with Gasteiger partial charge < -0.3 is 4.90 Å². The highest BCUT2D eigenvalue weighted by Crippen LogP contribution is 2.46. The third-order valence-electron chi connectivity index (χ3n) is 6.07. The summed E-state index contributed by atoms with van der Waals surface area (Å²) in [6.07, 6.45) is -1.22. The van der Waals surface area contributed by atoms with Crippen LogP contribution in [0.4, 0.5) is 13.2 Å². The van der Waals surface area contributed by atoms with E-state index in [-0.39, 0.29) is 23.4 Å². The highest BCUT2D eigenvalue weighted by molar-refractivity contribution is 6.32. The van der Waals surface area contributed by atoms with Gasteiger partial charge in [-0.2, -0.15) is 23.4 Å². The van der Waals surface area contributed by atoms with Gasteiger partial charge in [0.05, 0.1) is 16.9 Å². The van der Waals surface area contributed by atoms with Crippen molar-refractivity contribution >= 4 is 17.5 Å². The SMILES string of the molecule is CCn1ncc(CN2CCN(C(=O)Cn3nc(C(F)(F)F)c(Cl)c3C3CC3)CC2)c1C. The Labute approximate surface area is 183 Å². The summed E-state index contributed by atoms with van der Waals surface area (Å²) in [6, 6.07) is 0. The van der Waals surface area contributed by atoms with E-state index in [1.165, 1.54) is 10.2 Å². The Balaban J connectivity index is 1.38. The lowest BCUT2D eigenvalue weighted by Gasteiger charge is -2.34. The average Bonchev–Trinajstić information content (AvgIpc) is 3.41. The Bertz CT molecular complexity index is 957. The lowest BCUT2D eigenvalue weighted by atomic mass is 10.2. The molecule has 0 spiro atoms. The highest BCUT2D eigenvalue weighted by atomic mass is 35.5. The van der Waals surface area contributed by atoms with Crippen LogP contribution in [0.2, 0.25) is 5.02 Å². The summed E-state index contributed by atoms with van der Waals surface area (Å²) in [5.74, 6) is -0.280. The number of halogens is 4. The predicted octanol–water partition coefficient (Wildman–Crippen LogP) is 3.30. The molecular weight excluding hydrogens is 433 g/mol. The van der Waals surface area contributed by atoms with Crippen LogP contribution in [-0.4, -0.2) is 61.4 Å². The van der Waals surface area contributed by atoms with Crippen LogP contribution < -0.4 is 0 Å². The number of nitrogens with zero attached hydrogens (tertiary/aromatic N) is 6. The molecule has 0 atom stereocenters. The molecule has 31 heavy (non-hydrogen) atoms. The molecule has 0 bridgehead atoms. The normalized spacial score (nSPS) is 18.1. The summed E-state index contributed by atoms with van der Waals surface area (Å²) in [5.41, 5.74) is 1.55. The third kappa shape index (κ3) is 4.59. The van der Waals surface area contributed by atoms with E-state index in [0.29, 0.717) is 31.9 Å². The molecule has 2 aromatic heterocycles. The van der Waals surface area contributed by atoms with Crippen LogP contribution in [0.15, 0.2) is 6.20 Å². The molecule has 11 heteroatoms. The number of hydrogen-bond donors (Lipinski definition) is 0. The van der Waals surface area contributed by atoms with Gasteiger partial charge in [-0.3, -0.25) is 19.1 Å². The first-order valence-electron chi connectivity index (χ1n) is 10.5. The molecule has 3 heterocycles. The smallest absolute Gasteiger partial charge is 0.339 e. The van der Waals surface area contributed by atoms with Crippen molar-refractivity contribution in [2.24, 2.45) is 0 Å². The number of carbonyl (C=O) groups is 1. The topological polar surface area (TPSA) is 59.2 Å². The summed E-state index contributed by atoms with van der Waals surface area (Å²) in [4.78, 5) is 16.8. The van der Waals surface area contributed by atoms with Gasteiger partial charge in [-0.05, 0) is 26.7 Å². The molecule has 170 valence electrons. The molecule has 7 nitrogen and oxygen atoms in total. The van der Waals surface area contributed by atoms with E-state index < -0.39 is 11.9 Å². The molecule has 1 saturated heterocycles. The molecule has 0 N–H and O–H groups in total. The summed E-state index contributed by atoms with van der Waals surface area (Å²) in [5, 5.41) is 7.66. The predicted molar refractivity (Wildman–Crippen MR) is 109 cm³/mol. The van der Waals surface area contributed by atoms with Crippen LogP contribution in [0.25, 0.3) is 0 Å². The minimum atomic E-state index is -4.63. The Morgan fingerprint density at radius 1 is 1.19 bits per heavy atom. The molecular formula is C20H26ClF3N6O. The van der Waals surface area contributed by atoms with Crippen molar-refractivity contribution < 1.29 is 18.0 Å². The zero-order valence-electron chi connectivity index (χ0n) is 17.6. The van der Waals surface area contributed by atoms with Gasteiger partial charge in [0.2, 0.25) is 5.91 Å². The number of aryl methyl sites for hydroxylation is 1. The number of carbonyl (C=O) groups excluding carboxylic acids is 1. The van der Waals surface area contributed by atoms with Crippen molar-refractivity contribution in [1.82, 2.24) is 29.4 Å². The second-order valence-corrected chi connectivity index (χ2v) is 8.58. The zero-order chi connectivity index (χ0) is 22.3. The molecule has 2 aliphatic rings. The summed E-state index contributed by atoms with van der Waals surface area (Å²) in [7, 11) is 0. The molecule has 1 aliphatic heterocycles. The Kier molecular flexibility index (Phi) is 6.04. The lowest BCUT2D eigenvalue weighted by Crippen LogP contribution is -2.49. The number of piperazine rings is 1. The van der Waals surface area contributed by atoms with Gasteiger partial charge in [0.15, 0.2) is 5.69 Å². The van der Waals surface area contributed by atoms with Crippen LogP contribution >= 0.6 is 11.6 Å². The lowest BCUT2D eigenvalue weighted by molar-refractivity contribution is -0.142. The summed E-state index contributed by atoms with van der Waals surface area (Å²) < 4.78 is 42.8. The van der Waals surface area contributed by atoms with Crippen LogP contribution in [0.5, 0.6) is 0 Å². The quantitative estimate of drug-likeness (QED) is 0.666. The first-order chi connectivity index (χ1) is 14.7. The standard InChI is InChI=1S/C20H26ClF3N6O/c1-3-29-13(2)15(10-25-29)11-27-6-8-28(9-7-27)16(31)12-30-18(14-4-5-14)17(21)19(26-30)20(22,23)24/h10,14H,3-9,11-12H2,1-2H3. The second-order valence-electron chi connectivity index (χ2n) is 8.21. The minimum Gasteiger partial charge on any atom is -0.339 e. The molecule has 1 amide bonds. The summed E-state index contributed by atoms with van der Waals surface area (Å²) in [6.45, 7) is 7.93. The Hall–Kier alpha value is -2.07. The third-order valence-corrected chi connectivity index (χ3v) is 6.45. The molecule has 1 aliphatic carbocycles. The number of alkyl halides is 3. The average molecular weight is 459 g/mol. The first kappa shape index (κ1) is 22.1. The number of hydrogen-bond acceptors (Lipinski definition) is 4. The largest absolute Gasteiger partial charge is 0.436 e. The fraction of sp³-hybridized carbons (Fsp3) is 0.650. The highest BCUT2D eigenvalue weighted by Gasteiger charge is 2.42. The Morgan fingerprint density at radius 3 is 2.42 bits per heavy atom. The summed E-state index contributed by atoms with van der Waals surface area (Å²) >= 11 is 6.00. The van der Waals surface area contributed by atoms with E-state index in [2.05, 4.69) is 15.1 Å². The minimum absolute atomic E-state index is 0.0481. The van der Waals surface area contributed by atoms with E-state index >= 15 is 0 Å². The van der Waals surface area contributed by atoms with Gasteiger partial charge in [-0.15, -0.1) is 0 Å². The van der Waals surface area contributed by atoms with Crippen molar-refractivity contribution in [2.45, 2.75) is 58.4 Å². The number of rotatable bonds is 6. The van der Waals surface area contributed by atoms with Gasteiger partial charge in [0.25, 0.3) is 0 Å². The van der Waals surface area contributed by atoms with Crippen molar-refractivity contribution in [1.29, 1.82) is 0 Å². The van der Waals surface area contributed by atoms with E-state index in [1.54, 1.807) is 4.90 Å². The van der Waals surface area contributed by atoms with Crippen LogP contribution in [0.3, 0.4) is 0 Å². The molecule has 0 radical (unpaired) electrons. The van der Waals surface area contributed by atoms with Crippen LogP contribution in [-0.2, 0) is 30.6 Å².